The Bertz CT molecular complexity index is 1270. The van der Waals surface area contributed by atoms with Gasteiger partial charge in [-0.05, 0) is 36.7 Å². The molecule has 4 atom stereocenters. The summed E-state index contributed by atoms with van der Waals surface area (Å²) < 4.78 is 14.6. The van der Waals surface area contributed by atoms with E-state index in [0.717, 1.165) is 11.3 Å². The first-order valence-electron chi connectivity index (χ1n) is 11.7. The number of carbonyl (C=O) groups excluding carboxylic acids is 1. The predicted molar refractivity (Wildman–Crippen MR) is 138 cm³/mol. The average molecular weight is 517 g/mol. The highest BCUT2D eigenvalue weighted by atomic mass is 32.1. The van der Waals surface area contributed by atoms with Crippen molar-refractivity contribution in [2.24, 2.45) is 0 Å². The molecule has 1 amide bonds. The van der Waals surface area contributed by atoms with Crippen LogP contribution in [0.25, 0.3) is 10.3 Å². The normalized spacial score (nSPS) is 23.1. The fourth-order valence-corrected chi connectivity index (χ4v) is 6.04. The zero-order valence-corrected chi connectivity index (χ0v) is 22.6. The van der Waals surface area contributed by atoms with Gasteiger partial charge in [0.15, 0.2) is 26.0 Å². The second kappa shape index (κ2) is 9.55. The number of aromatic nitrogens is 3. The molecule has 0 spiro atoms. The second-order valence-electron chi connectivity index (χ2n) is 10.2. The molecular formula is C24H32N4O5SSi. The van der Waals surface area contributed by atoms with Gasteiger partial charge in [-0.2, -0.15) is 0 Å². The van der Waals surface area contributed by atoms with E-state index >= 15 is 0 Å². The van der Waals surface area contributed by atoms with Crippen LogP contribution >= 0.6 is 11.3 Å². The summed E-state index contributed by atoms with van der Waals surface area (Å²) in [5.41, 5.74) is 0.804. The van der Waals surface area contributed by atoms with Gasteiger partial charge in [0.25, 0.3) is 5.91 Å². The minimum absolute atomic E-state index is 0.0969. The molecule has 0 radical (unpaired) electrons. The van der Waals surface area contributed by atoms with E-state index in [-0.39, 0.29) is 21.6 Å². The zero-order valence-electron chi connectivity index (χ0n) is 20.8. The van der Waals surface area contributed by atoms with Crippen LogP contribution in [0.3, 0.4) is 0 Å². The fourth-order valence-electron chi connectivity index (χ4n) is 3.84. The van der Waals surface area contributed by atoms with Gasteiger partial charge < -0.3 is 19.6 Å². The van der Waals surface area contributed by atoms with Gasteiger partial charge in [-0.25, -0.2) is 9.97 Å². The van der Waals surface area contributed by atoms with E-state index in [9.17, 15) is 14.7 Å². The number of benzene rings is 1. The van der Waals surface area contributed by atoms with E-state index in [1.54, 1.807) is 24.3 Å². The van der Waals surface area contributed by atoms with E-state index < -0.39 is 32.9 Å². The number of aliphatic hydroxyl groups is 1. The highest BCUT2D eigenvalue weighted by Crippen LogP contribution is 2.43. The standard InChI is InChI=1S/C24H32N4O5SSi/c1-7-15-16(29)17(33-35(5,6)24(2,3)4)22(32-15)28-20-18(34-23(28)31)19(25-13-26-20)27-21(30)14-11-9-8-10-12-14/h8-13,15-17,22,29H,7H2,1-6H3,(H,25,26,27,30)/t15-,16-,17-,22-/m1/s1. The van der Waals surface area contributed by atoms with E-state index in [1.807, 2.05) is 13.0 Å². The molecule has 1 aromatic carbocycles. The van der Waals surface area contributed by atoms with Crippen molar-refractivity contribution in [3.05, 3.63) is 51.9 Å². The summed E-state index contributed by atoms with van der Waals surface area (Å²) in [7, 11) is -2.31. The maximum atomic E-state index is 13.2. The largest absolute Gasteiger partial charge is 0.407 e. The third-order valence-electron chi connectivity index (χ3n) is 6.87. The fraction of sp³-hybridized carbons (Fsp3) is 0.500. The molecule has 0 aliphatic carbocycles. The number of carbonyl (C=O) groups is 1. The molecule has 0 unspecified atom stereocenters. The van der Waals surface area contributed by atoms with Crippen molar-refractivity contribution in [1.82, 2.24) is 14.5 Å². The Hall–Kier alpha value is -2.44. The molecule has 0 saturated carbocycles. The minimum Gasteiger partial charge on any atom is -0.407 e. The SMILES string of the molecule is CC[C@H]1O[C@@H](n2c(=O)sc3c(NC(=O)c4ccccc4)ncnc32)[C@H](O[Si](C)(C)C(C)(C)C)[C@@H]1O. The van der Waals surface area contributed by atoms with Gasteiger partial charge in [0.05, 0.1) is 6.10 Å². The number of rotatable bonds is 6. The number of hydrogen-bond acceptors (Lipinski definition) is 8. The van der Waals surface area contributed by atoms with Gasteiger partial charge >= 0.3 is 4.87 Å². The summed E-state index contributed by atoms with van der Waals surface area (Å²) >= 11 is 0.927. The molecule has 11 heteroatoms. The van der Waals surface area contributed by atoms with Gasteiger partial charge in [-0.15, -0.1) is 0 Å². The average Bonchev–Trinajstić information content (AvgIpc) is 3.29. The third kappa shape index (κ3) is 4.83. The molecule has 1 aliphatic rings. The minimum atomic E-state index is -2.31. The van der Waals surface area contributed by atoms with Crippen LogP contribution in [-0.2, 0) is 9.16 Å². The van der Waals surface area contributed by atoms with Crippen molar-refractivity contribution >= 4 is 41.7 Å². The molecule has 1 aliphatic heterocycles. The molecule has 2 aromatic heterocycles. The monoisotopic (exact) mass is 516 g/mol. The van der Waals surface area contributed by atoms with Crippen LogP contribution in [0.4, 0.5) is 5.82 Å². The van der Waals surface area contributed by atoms with Crippen LogP contribution < -0.4 is 10.2 Å². The molecule has 9 nitrogen and oxygen atoms in total. The Morgan fingerprint density at radius 3 is 2.57 bits per heavy atom. The van der Waals surface area contributed by atoms with Gasteiger partial charge in [0.1, 0.15) is 23.2 Å². The summed E-state index contributed by atoms with van der Waals surface area (Å²) in [6.45, 7) is 12.5. The van der Waals surface area contributed by atoms with E-state index in [4.69, 9.17) is 9.16 Å². The topological polar surface area (TPSA) is 116 Å². The van der Waals surface area contributed by atoms with Crippen molar-refractivity contribution in [2.75, 3.05) is 5.32 Å². The van der Waals surface area contributed by atoms with Crippen molar-refractivity contribution in [1.29, 1.82) is 0 Å². The lowest BCUT2D eigenvalue weighted by Crippen LogP contribution is -2.49. The molecule has 3 aromatic rings. The Labute approximate surface area is 209 Å². The zero-order chi connectivity index (χ0) is 25.5. The Balaban J connectivity index is 1.74. The molecule has 1 fully saturated rings. The number of amides is 1. The lowest BCUT2D eigenvalue weighted by Gasteiger charge is -2.40. The van der Waals surface area contributed by atoms with Crippen LogP contribution in [-0.4, -0.2) is 52.2 Å². The number of nitrogens with zero attached hydrogens (tertiary/aromatic N) is 3. The lowest BCUT2D eigenvalue weighted by molar-refractivity contribution is -0.0334. The Morgan fingerprint density at radius 1 is 1.26 bits per heavy atom. The van der Waals surface area contributed by atoms with Gasteiger partial charge in [-0.1, -0.05) is 57.2 Å². The Morgan fingerprint density at radius 2 is 1.94 bits per heavy atom. The molecular weight excluding hydrogens is 484 g/mol. The number of nitrogens with one attached hydrogen (secondary N) is 1. The summed E-state index contributed by atoms with van der Waals surface area (Å²) in [5, 5.41) is 13.8. The van der Waals surface area contributed by atoms with E-state index in [0.29, 0.717) is 22.3 Å². The number of thiazole rings is 1. The van der Waals surface area contributed by atoms with Crippen molar-refractivity contribution in [2.45, 2.75) is 76.8 Å². The van der Waals surface area contributed by atoms with Crippen LogP contribution in [0.2, 0.25) is 18.1 Å². The highest BCUT2D eigenvalue weighted by Gasteiger charge is 2.50. The number of anilines is 1. The van der Waals surface area contributed by atoms with Crippen LogP contribution in [0.5, 0.6) is 0 Å². The van der Waals surface area contributed by atoms with E-state index in [2.05, 4.69) is 49.1 Å². The number of ether oxygens (including phenoxy) is 1. The first kappa shape index (κ1) is 25.6. The maximum Gasteiger partial charge on any atom is 0.311 e. The number of hydrogen-bond donors (Lipinski definition) is 2. The quantitative estimate of drug-likeness (QED) is 0.473. The molecule has 188 valence electrons. The molecule has 35 heavy (non-hydrogen) atoms. The lowest BCUT2D eigenvalue weighted by atomic mass is 10.1. The van der Waals surface area contributed by atoms with Crippen LogP contribution in [0.1, 0.15) is 50.7 Å². The van der Waals surface area contributed by atoms with Crippen molar-refractivity contribution in [3.8, 4) is 0 Å². The van der Waals surface area contributed by atoms with E-state index in [1.165, 1.54) is 10.9 Å². The summed E-state index contributed by atoms with van der Waals surface area (Å²) in [6.07, 6.45) is -1.07. The van der Waals surface area contributed by atoms with Crippen LogP contribution in [0.15, 0.2) is 41.5 Å². The number of fused-ring (bicyclic) bond motifs is 1. The molecule has 1 saturated heterocycles. The first-order valence-corrected chi connectivity index (χ1v) is 15.4. The van der Waals surface area contributed by atoms with Crippen molar-refractivity contribution < 1.29 is 19.1 Å². The first-order chi connectivity index (χ1) is 16.4. The van der Waals surface area contributed by atoms with Gasteiger partial charge in [0, 0.05) is 5.56 Å². The van der Waals surface area contributed by atoms with Crippen LogP contribution in [0, 0.1) is 0 Å². The molecule has 2 N–H and O–H groups in total. The number of aliphatic hydroxyl groups excluding tert-OH is 1. The third-order valence-corrected chi connectivity index (χ3v) is 12.3. The molecule has 3 heterocycles. The summed E-state index contributed by atoms with van der Waals surface area (Å²) in [4.78, 5) is 34.2. The van der Waals surface area contributed by atoms with Gasteiger partial charge in [0.2, 0.25) is 0 Å². The van der Waals surface area contributed by atoms with Crippen molar-refractivity contribution in [3.63, 3.8) is 0 Å². The molecule has 0 bridgehead atoms. The second-order valence-corrected chi connectivity index (χ2v) is 16.0. The Kier molecular flexibility index (Phi) is 6.99. The predicted octanol–water partition coefficient (Wildman–Crippen LogP) is 4.16. The highest BCUT2D eigenvalue weighted by molar-refractivity contribution is 7.17. The smallest absolute Gasteiger partial charge is 0.311 e. The van der Waals surface area contributed by atoms with Gasteiger partial charge in [-0.3, -0.25) is 14.2 Å². The molecule has 4 rings (SSSR count). The summed E-state index contributed by atoms with van der Waals surface area (Å²) in [6, 6.07) is 8.77. The maximum absolute atomic E-state index is 13.2. The summed E-state index contributed by atoms with van der Waals surface area (Å²) in [5.74, 6) is -0.0899.